The summed E-state index contributed by atoms with van der Waals surface area (Å²) in [5.41, 5.74) is 4.33. The number of nitrogens with zero attached hydrogens (tertiary/aromatic N) is 4. The normalized spacial score (nSPS) is 11.8. The first-order valence-electron chi connectivity index (χ1n) is 16.3. The summed E-state index contributed by atoms with van der Waals surface area (Å²) in [4.78, 5) is 17.2. The van der Waals surface area contributed by atoms with Crippen LogP contribution in [0.1, 0.15) is 22.3 Å². The van der Waals surface area contributed by atoms with Gasteiger partial charge in [-0.2, -0.15) is 0 Å². The summed E-state index contributed by atoms with van der Waals surface area (Å²) in [6.07, 6.45) is 0. The zero-order valence-electron chi connectivity index (χ0n) is 28.2. The van der Waals surface area contributed by atoms with Crippen LogP contribution in [0.25, 0.3) is 0 Å². The average molecular weight is 789 g/mol. The van der Waals surface area contributed by atoms with Crippen LogP contribution in [-0.4, -0.2) is 23.7 Å². The Morgan fingerprint density at radius 3 is 1.08 bits per heavy atom. The van der Waals surface area contributed by atoms with E-state index >= 15 is 0 Å². The molecule has 0 atom stereocenters. The van der Waals surface area contributed by atoms with E-state index in [1.54, 1.807) is 60.7 Å². The van der Waals surface area contributed by atoms with Gasteiger partial charge in [0, 0.05) is 0 Å². The van der Waals surface area contributed by atoms with Crippen LogP contribution in [0.5, 0.6) is 0 Å². The maximum Gasteiger partial charge on any atom is 2.00 e. The number of hydrogen-bond acceptors (Lipinski definition) is 4. The maximum absolute atomic E-state index is 12.4. The van der Waals surface area contributed by atoms with Crippen molar-refractivity contribution < 1.29 is 27.3 Å². The SMILES string of the molecule is [Cu+2].[O-]/C(=N\C(=NCc1ccccc1)Nc1ccccc1Cl)c1ccccc1.[O-]/C(=N\C(=NCc1ccccc1)Nc1ccccc1Cl)c1ccccc1. The van der Waals surface area contributed by atoms with Gasteiger partial charge in [0.25, 0.3) is 0 Å². The third-order valence-electron chi connectivity index (χ3n) is 7.21. The van der Waals surface area contributed by atoms with Gasteiger partial charge in [0.1, 0.15) is 0 Å². The Morgan fingerprint density at radius 1 is 0.434 bits per heavy atom. The van der Waals surface area contributed by atoms with Gasteiger partial charge >= 0.3 is 17.1 Å². The van der Waals surface area contributed by atoms with E-state index in [4.69, 9.17) is 23.2 Å². The second-order valence-electron chi connectivity index (χ2n) is 11.0. The molecule has 0 spiro atoms. The fourth-order valence-electron chi connectivity index (χ4n) is 4.55. The summed E-state index contributed by atoms with van der Waals surface area (Å²) in [6.45, 7) is 0.804. The van der Waals surface area contributed by atoms with Crippen LogP contribution in [0, 0.1) is 0 Å². The first-order valence-corrected chi connectivity index (χ1v) is 17.0. The fraction of sp³-hybridized carbons (Fsp3) is 0.0476. The number of hydrogen-bond donors (Lipinski definition) is 2. The van der Waals surface area contributed by atoms with Gasteiger partial charge in [0.05, 0.1) is 34.5 Å². The molecule has 6 aromatic carbocycles. The number of aliphatic imine (C=N–C) groups is 4. The summed E-state index contributed by atoms with van der Waals surface area (Å²) in [6, 6.07) is 51.8. The number of nitrogens with one attached hydrogen (secondary N) is 2. The molecular formula is C42H34Cl2CuN6O2. The van der Waals surface area contributed by atoms with Crippen molar-refractivity contribution in [1.29, 1.82) is 0 Å². The number of halogens is 2. The molecule has 0 unspecified atom stereocenters. The molecule has 2 N–H and O–H groups in total. The Hall–Kier alpha value is -5.70. The molecule has 0 aliphatic rings. The van der Waals surface area contributed by atoms with Crippen molar-refractivity contribution in [1.82, 2.24) is 0 Å². The van der Waals surface area contributed by atoms with E-state index in [1.165, 1.54) is 0 Å². The van der Waals surface area contributed by atoms with Gasteiger partial charge < -0.3 is 20.8 Å². The van der Waals surface area contributed by atoms with Crippen LogP contribution < -0.4 is 20.8 Å². The first-order chi connectivity index (χ1) is 25.4. The van der Waals surface area contributed by atoms with Gasteiger partial charge in [-0.15, -0.1) is 0 Å². The molecule has 0 aliphatic heterocycles. The quantitative estimate of drug-likeness (QED) is 0.0918. The van der Waals surface area contributed by atoms with Crippen LogP contribution in [0.3, 0.4) is 0 Å². The summed E-state index contributed by atoms with van der Waals surface area (Å²) in [7, 11) is 0. The van der Waals surface area contributed by atoms with E-state index in [9.17, 15) is 10.2 Å². The van der Waals surface area contributed by atoms with E-state index in [2.05, 4.69) is 30.6 Å². The maximum atomic E-state index is 12.4. The van der Waals surface area contributed by atoms with Crippen LogP contribution in [0.4, 0.5) is 11.4 Å². The smallest absolute Gasteiger partial charge is 0.858 e. The Morgan fingerprint density at radius 2 is 0.736 bits per heavy atom. The van der Waals surface area contributed by atoms with Crippen molar-refractivity contribution in [2.75, 3.05) is 10.6 Å². The first kappa shape index (κ1) is 40.1. The zero-order chi connectivity index (χ0) is 36.4. The Kier molecular flexibility index (Phi) is 16.3. The molecule has 6 rings (SSSR count). The van der Waals surface area contributed by atoms with Crippen LogP contribution >= 0.6 is 23.2 Å². The topological polar surface area (TPSA) is 120 Å². The molecule has 53 heavy (non-hydrogen) atoms. The summed E-state index contributed by atoms with van der Waals surface area (Å²) in [5, 5.41) is 32.0. The molecule has 1 radical (unpaired) electrons. The molecule has 269 valence electrons. The van der Waals surface area contributed by atoms with Gasteiger partial charge in [-0.25, -0.2) is 20.0 Å². The summed E-state index contributed by atoms with van der Waals surface area (Å²) >= 11 is 12.4. The van der Waals surface area contributed by atoms with Crippen molar-refractivity contribution >= 4 is 58.3 Å². The van der Waals surface area contributed by atoms with Crippen LogP contribution in [0.2, 0.25) is 10.0 Å². The predicted octanol–water partition coefficient (Wildman–Crippen LogP) is 8.23. The van der Waals surface area contributed by atoms with Crippen molar-refractivity contribution in [3.05, 3.63) is 202 Å². The number of benzene rings is 6. The van der Waals surface area contributed by atoms with E-state index < -0.39 is 0 Å². The van der Waals surface area contributed by atoms with E-state index in [-0.39, 0.29) is 40.8 Å². The third kappa shape index (κ3) is 13.4. The zero-order valence-corrected chi connectivity index (χ0v) is 30.7. The molecule has 0 fully saturated rings. The third-order valence-corrected chi connectivity index (χ3v) is 7.86. The minimum Gasteiger partial charge on any atom is -0.858 e. The van der Waals surface area contributed by atoms with Gasteiger partial charge in [0.2, 0.25) is 11.9 Å². The van der Waals surface area contributed by atoms with Gasteiger partial charge in [-0.1, -0.05) is 169 Å². The number of rotatable bonds is 8. The van der Waals surface area contributed by atoms with Gasteiger partial charge in [0.15, 0.2) is 0 Å². The Bertz CT molecular complexity index is 1980. The molecule has 6 aromatic rings. The molecule has 0 bridgehead atoms. The Balaban J connectivity index is 0.000000232. The van der Waals surface area contributed by atoms with Crippen molar-refractivity contribution in [3.8, 4) is 0 Å². The summed E-state index contributed by atoms with van der Waals surface area (Å²) in [5.74, 6) is -0.291. The predicted molar refractivity (Wildman–Crippen MR) is 211 cm³/mol. The molecule has 0 aromatic heterocycles. The average Bonchev–Trinajstić information content (AvgIpc) is 3.19. The molecule has 11 heteroatoms. The minimum atomic E-state index is -0.364. The van der Waals surface area contributed by atoms with E-state index in [1.807, 2.05) is 109 Å². The second kappa shape index (κ2) is 21.6. The van der Waals surface area contributed by atoms with E-state index in [0.717, 1.165) is 11.1 Å². The van der Waals surface area contributed by atoms with Gasteiger partial charge in [-0.05, 0) is 58.3 Å². The number of anilines is 2. The van der Waals surface area contributed by atoms with Crippen LogP contribution in [-0.2, 0) is 30.2 Å². The minimum absolute atomic E-state index is 0. The Labute approximate surface area is 329 Å². The summed E-state index contributed by atoms with van der Waals surface area (Å²) < 4.78 is 0. The molecule has 0 aliphatic carbocycles. The van der Waals surface area contributed by atoms with Crippen molar-refractivity contribution in [3.63, 3.8) is 0 Å². The second-order valence-corrected chi connectivity index (χ2v) is 11.8. The molecule has 0 saturated carbocycles. The van der Waals surface area contributed by atoms with E-state index in [0.29, 0.717) is 45.6 Å². The van der Waals surface area contributed by atoms with Crippen molar-refractivity contribution in [2.24, 2.45) is 20.0 Å². The number of guanidine groups is 2. The van der Waals surface area contributed by atoms with Crippen LogP contribution in [0.15, 0.2) is 190 Å². The molecule has 0 amide bonds. The fourth-order valence-corrected chi connectivity index (χ4v) is 4.92. The van der Waals surface area contributed by atoms with Gasteiger partial charge in [-0.3, -0.25) is 0 Å². The molecular weight excluding hydrogens is 755 g/mol. The standard InChI is InChI=1S/2C21H18ClN3O.Cu/c2*22-18-13-7-8-14-19(18)24-21(23-15-16-9-3-1-4-10-16)25-20(26)17-11-5-2-6-12-17;/h2*1-14H,15H2,(H2,23,24,25,26);/q;;+2/p-2. The largest absolute Gasteiger partial charge is 2.00 e. The monoisotopic (exact) mass is 787 g/mol. The molecule has 0 saturated heterocycles. The molecule has 8 nitrogen and oxygen atoms in total. The van der Waals surface area contributed by atoms with Crippen molar-refractivity contribution in [2.45, 2.75) is 13.1 Å². The number of para-hydroxylation sites is 2. The molecule has 0 heterocycles.